The largest absolute Gasteiger partial charge is 0.465 e. The number of hydrogen-bond donors (Lipinski definition) is 3. The minimum atomic E-state index is -1.10. The molecule has 6 nitrogen and oxygen atoms in total. The van der Waals surface area contributed by atoms with Gasteiger partial charge in [-0.1, -0.05) is 0 Å². The van der Waals surface area contributed by atoms with Gasteiger partial charge in [0.25, 0.3) is 0 Å². The molecule has 1 saturated heterocycles. The lowest BCUT2D eigenvalue weighted by molar-refractivity contribution is 0.184. The summed E-state index contributed by atoms with van der Waals surface area (Å²) >= 11 is 0. The van der Waals surface area contributed by atoms with E-state index >= 15 is 0 Å². The van der Waals surface area contributed by atoms with Crippen molar-refractivity contribution < 1.29 is 9.90 Å². The molecule has 7 heteroatoms. The Hall–Kier alpha value is -1.01. The van der Waals surface area contributed by atoms with Crippen molar-refractivity contribution in [3.8, 4) is 0 Å². The molecule has 0 radical (unpaired) electrons. The second-order valence-electron chi connectivity index (χ2n) is 3.35. The number of carboxylic acid groups (broad SMARTS) is 1. The zero-order valence-corrected chi connectivity index (χ0v) is 9.24. The van der Waals surface area contributed by atoms with E-state index in [1.165, 1.54) is 6.34 Å². The van der Waals surface area contributed by atoms with Gasteiger partial charge < -0.3 is 10.8 Å². The van der Waals surface area contributed by atoms with E-state index in [1.54, 1.807) is 0 Å². The van der Waals surface area contributed by atoms with Crippen LogP contribution in [0.25, 0.3) is 0 Å². The highest BCUT2D eigenvalue weighted by Gasteiger charge is 2.16. The summed E-state index contributed by atoms with van der Waals surface area (Å²) < 4.78 is 0. The number of halogens is 1. The van der Waals surface area contributed by atoms with Crippen LogP contribution in [0, 0.1) is 5.92 Å². The fraction of sp³-hybridized carbons (Fsp3) is 0.750. The maximum atomic E-state index is 10.1. The predicted molar refractivity (Wildman–Crippen MR) is 60.3 cm³/mol. The van der Waals surface area contributed by atoms with Gasteiger partial charge in [-0.15, -0.1) is 12.4 Å². The number of hydrazone groups is 1. The van der Waals surface area contributed by atoms with Gasteiger partial charge in [-0.2, -0.15) is 5.10 Å². The van der Waals surface area contributed by atoms with E-state index in [-0.39, 0.29) is 12.4 Å². The molecule has 1 amide bonds. The molecule has 1 fully saturated rings. The van der Waals surface area contributed by atoms with Gasteiger partial charge in [-0.05, 0) is 25.3 Å². The first-order valence-electron chi connectivity index (χ1n) is 4.69. The van der Waals surface area contributed by atoms with Gasteiger partial charge in [-0.25, -0.2) is 4.79 Å². The molecule has 1 rings (SSSR count). The van der Waals surface area contributed by atoms with Crippen LogP contribution in [-0.4, -0.2) is 42.2 Å². The van der Waals surface area contributed by atoms with Crippen molar-refractivity contribution in [3.63, 3.8) is 0 Å². The highest BCUT2D eigenvalue weighted by atomic mass is 35.5. The molecule has 1 atom stereocenters. The van der Waals surface area contributed by atoms with E-state index in [9.17, 15) is 4.79 Å². The van der Waals surface area contributed by atoms with Crippen LogP contribution in [0.2, 0.25) is 0 Å². The molecule has 0 spiro atoms. The predicted octanol–water partition coefficient (Wildman–Crippen LogP) is 0.290. The van der Waals surface area contributed by atoms with Crippen molar-refractivity contribution in [1.29, 1.82) is 0 Å². The first kappa shape index (κ1) is 14.0. The summed E-state index contributed by atoms with van der Waals surface area (Å²) in [5, 5.41) is 16.2. The maximum Gasteiger partial charge on any atom is 0.409 e. The average molecular weight is 237 g/mol. The van der Waals surface area contributed by atoms with Crippen LogP contribution < -0.4 is 11.1 Å². The Morgan fingerprint density at radius 3 is 3.07 bits per heavy atom. The van der Waals surface area contributed by atoms with Gasteiger partial charge in [0.2, 0.25) is 0 Å². The molecule has 0 bridgehead atoms. The monoisotopic (exact) mass is 236 g/mol. The van der Waals surface area contributed by atoms with E-state index in [4.69, 9.17) is 10.8 Å². The molecule has 1 aliphatic heterocycles. The number of carbonyl (C=O) groups is 1. The summed E-state index contributed by atoms with van der Waals surface area (Å²) in [6, 6.07) is 0. The lowest BCUT2D eigenvalue weighted by Gasteiger charge is -2.29. The zero-order valence-electron chi connectivity index (χ0n) is 8.43. The molecule has 0 aromatic carbocycles. The maximum absolute atomic E-state index is 10.1. The van der Waals surface area contributed by atoms with Crippen LogP contribution in [0.4, 0.5) is 4.79 Å². The van der Waals surface area contributed by atoms with Crippen LogP contribution in [0.15, 0.2) is 5.10 Å². The smallest absolute Gasteiger partial charge is 0.409 e. The zero-order chi connectivity index (χ0) is 10.4. The topological polar surface area (TPSA) is 91.0 Å². The lowest BCUT2D eigenvalue weighted by atomic mass is 10.00. The number of amides is 1. The molecular weight excluding hydrogens is 220 g/mol. The van der Waals surface area contributed by atoms with Crippen LogP contribution in [0.1, 0.15) is 12.8 Å². The molecule has 0 aromatic rings. The minimum absolute atomic E-state index is 0. The Balaban J connectivity index is 0.00000196. The van der Waals surface area contributed by atoms with Crippen LogP contribution >= 0.6 is 12.4 Å². The molecule has 88 valence electrons. The summed E-state index contributed by atoms with van der Waals surface area (Å²) in [6.45, 7) is 2.35. The highest BCUT2D eigenvalue weighted by molar-refractivity contribution is 5.85. The second kappa shape index (κ2) is 7.30. The van der Waals surface area contributed by atoms with E-state index in [1.807, 2.05) is 5.01 Å². The standard InChI is InChI=1S/C8H16N4O2.ClH/c9-4-7-2-1-3-12(5-7)11-6-10-8(13)14;/h6-7H,1-5,9H2,(H,10,11)(H,13,14);1H/t7-;/m0./s1. The quantitative estimate of drug-likeness (QED) is 0.485. The first-order chi connectivity index (χ1) is 6.72. The number of rotatable bonds is 3. The Morgan fingerprint density at radius 1 is 1.73 bits per heavy atom. The van der Waals surface area contributed by atoms with Gasteiger partial charge in [0, 0.05) is 13.1 Å². The minimum Gasteiger partial charge on any atom is -0.465 e. The molecule has 1 aliphatic rings. The fourth-order valence-electron chi connectivity index (χ4n) is 1.51. The van der Waals surface area contributed by atoms with Gasteiger partial charge in [0.1, 0.15) is 6.34 Å². The summed E-state index contributed by atoms with van der Waals surface area (Å²) in [6.07, 6.45) is 2.30. The molecule has 0 unspecified atom stereocenters. The SMILES string of the molecule is Cl.NC[C@@H]1CCCN(/N=C/NC(=O)O)C1. The Kier molecular flexibility index (Phi) is 6.81. The van der Waals surface area contributed by atoms with Crippen molar-refractivity contribution in [1.82, 2.24) is 10.3 Å². The van der Waals surface area contributed by atoms with Crippen LogP contribution in [-0.2, 0) is 0 Å². The van der Waals surface area contributed by atoms with Crippen molar-refractivity contribution in [2.75, 3.05) is 19.6 Å². The van der Waals surface area contributed by atoms with Gasteiger partial charge in [-0.3, -0.25) is 10.3 Å². The van der Waals surface area contributed by atoms with E-state index in [0.717, 1.165) is 25.9 Å². The molecule has 1 heterocycles. The Labute approximate surface area is 94.9 Å². The molecule has 15 heavy (non-hydrogen) atoms. The van der Waals surface area contributed by atoms with Gasteiger partial charge in [0.15, 0.2) is 0 Å². The number of piperidine rings is 1. The van der Waals surface area contributed by atoms with Crippen LogP contribution in [0.3, 0.4) is 0 Å². The third kappa shape index (κ3) is 5.44. The van der Waals surface area contributed by atoms with E-state index in [0.29, 0.717) is 12.5 Å². The van der Waals surface area contributed by atoms with Gasteiger partial charge in [0.05, 0.1) is 0 Å². The average Bonchev–Trinajstić information content (AvgIpc) is 2.18. The summed E-state index contributed by atoms with van der Waals surface area (Å²) in [4.78, 5) is 10.1. The third-order valence-corrected chi connectivity index (χ3v) is 2.24. The highest BCUT2D eigenvalue weighted by Crippen LogP contribution is 2.14. The van der Waals surface area contributed by atoms with Crippen molar-refractivity contribution >= 4 is 24.8 Å². The number of nitrogens with two attached hydrogens (primary N) is 1. The molecular formula is C8H17ClN4O2. The van der Waals surface area contributed by atoms with Crippen molar-refractivity contribution in [3.05, 3.63) is 0 Å². The lowest BCUT2D eigenvalue weighted by Crippen LogP contribution is -2.36. The number of hydrogen-bond acceptors (Lipinski definition) is 4. The molecule has 0 aromatic heterocycles. The molecule has 0 aliphatic carbocycles. The Bertz CT molecular complexity index is 225. The van der Waals surface area contributed by atoms with Gasteiger partial charge >= 0.3 is 6.09 Å². The number of nitrogens with zero attached hydrogens (tertiary/aromatic N) is 2. The normalized spacial score (nSPS) is 21.1. The third-order valence-electron chi connectivity index (χ3n) is 2.24. The Morgan fingerprint density at radius 2 is 2.47 bits per heavy atom. The first-order valence-corrected chi connectivity index (χ1v) is 4.69. The fourth-order valence-corrected chi connectivity index (χ4v) is 1.51. The second-order valence-corrected chi connectivity index (χ2v) is 3.35. The van der Waals surface area contributed by atoms with Crippen molar-refractivity contribution in [2.45, 2.75) is 12.8 Å². The summed E-state index contributed by atoms with van der Waals surface area (Å²) in [7, 11) is 0. The van der Waals surface area contributed by atoms with E-state index < -0.39 is 6.09 Å². The van der Waals surface area contributed by atoms with Crippen molar-refractivity contribution in [2.24, 2.45) is 16.8 Å². The molecule has 4 N–H and O–H groups in total. The molecule has 0 saturated carbocycles. The summed E-state index contributed by atoms with van der Waals surface area (Å²) in [5.41, 5.74) is 5.55. The summed E-state index contributed by atoms with van der Waals surface area (Å²) in [5.74, 6) is 0.478. The number of nitrogens with one attached hydrogen (secondary N) is 1. The van der Waals surface area contributed by atoms with Crippen LogP contribution in [0.5, 0.6) is 0 Å². The van der Waals surface area contributed by atoms with E-state index in [2.05, 4.69) is 10.4 Å².